The van der Waals surface area contributed by atoms with Crippen LogP contribution in [0.1, 0.15) is 11.1 Å². The second-order valence-corrected chi connectivity index (χ2v) is 3.95. The molecule has 1 aromatic rings. The smallest absolute Gasteiger partial charge is 0.352 e. The zero-order valence-corrected chi connectivity index (χ0v) is 9.04. The first-order chi connectivity index (χ1) is 7.84. The van der Waals surface area contributed by atoms with Crippen LogP contribution in [-0.2, 0) is 15.5 Å². The molecule has 1 aliphatic heterocycles. The van der Waals surface area contributed by atoms with Crippen LogP contribution in [0.4, 0.5) is 14.5 Å². The highest BCUT2D eigenvalue weighted by atomic mass is 19.3. The topological polar surface area (TPSA) is 63.4 Å². The molecule has 0 radical (unpaired) electrons. The number of alkyl halides is 2. The third-order valence-electron chi connectivity index (χ3n) is 2.61. The van der Waals surface area contributed by atoms with E-state index in [0.29, 0.717) is 5.56 Å². The van der Waals surface area contributed by atoms with Gasteiger partial charge < -0.3 is 5.73 Å². The molecule has 0 spiro atoms. The molecule has 0 unspecified atom stereocenters. The maximum absolute atomic E-state index is 13.7. The van der Waals surface area contributed by atoms with Gasteiger partial charge >= 0.3 is 11.8 Å². The number of benzene rings is 1. The van der Waals surface area contributed by atoms with Crippen LogP contribution < -0.4 is 10.6 Å². The molecule has 0 aromatic heterocycles. The second kappa shape index (κ2) is 3.51. The minimum Gasteiger partial charge on any atom is -0.368 e. The lowest BCUT2D eigenvalue weighted by molar-refractivity contribution is -0.142. The molecule has 4 nitrogen and oxygen atoms in total. The summed E-state index contributed by atoms with van der Waals surface area (Å²) < 4.78 is 27.3. The van der Waals surface area contributed by atoms with Gasteiger partial charge in [0.15, 0.2) is 0 Å². The first-order valence-corrected chi connectivity index (χ1v) is 4.93. The lowest BCUT2D eigenvalue weighted by atomic mass is 10.1. The van der Waals surface area contributed by atoms with Gasteiger partial charge in [-0.2, -0.15) is 8.78 Å². The number of nitrogens with zero attached hydrogens (tertiary/aromatic N) is 1. The largest absolute Gasteiger partial charge is 0.368 e. The Morgan fingerprint density at radius 2 is 2.12 bits per heavy atom. The van der Waals surface area contributed by atoms with E-state index in [1.165, 1.54) is 12.1 Å². The van der Waals surface area contributed by atoms with Crippen LogP contribution in [0.3, 0.4) is 0 Å². The first-order valence-electron chi connectivity index (χ1n) is 4.93. The third kappa shape index (κ3) is 1.65. The van der Waals surface area contributed by atoms with E-state index in [1.54, 1.807) is 13.0 Å². The molecule has 0 atom stereocenters. The summed E-state index contributed by atoms with van der Waals surface area (Å²) in [6, 6.07) is 4.24. The number of halogens is 2. The first kappa shape index (κ1) is 11.5. The van der Waals surface area contributed by atoms with Crippen LogP contribution >= 0.6 is 0 Å². The molecule has 17 heavy (non-hydrogen) atoms. The van der Waals surface area contributed by atoms with Gasteiger partial charge in [0.05, 0.1) is 11.3 Å². The van der Waals surface area contributed by atoms with E-state index in [-0.39, 0.29) is 11.3 Å². The van der Waals surface area contributed by atoms with Gasteiger partial charge in [-0.15, -0.1) is 0 Å². The summed E-state index contributed by atoms with van der Waals surface area (Å²) in [6.07, 6.45) is 0. The Balaban J connectivity index is 2.55. The molecule has 0 fully saturated rings. The van der Waals surface area contributed by atoms with Crippen LogP contribution in [0.5, 0.6) is 0 Å². The number of anilines is 1. The molecular formula is C11H10F2N2O2. The van der Waals surface area contributed by atoms with Crippen molar-refractivity contribution in [2.24, 2.45) is 5.73 Å². The number of carbonyl (C=O) groups is 2. The van der Waals surface area contributed by atoms with Crippen LogP contribution in [0, 0.1) is 6.92 Å². The molecule has 0 bridgehead atoms. The number of hydrogen-bond acceptors (Lipinski definition) is 2. The average Bonchev–Trinajstić information content (AvgIpc) is 2.40. The van der Waals surface area contributed by atoms with Gasteiger partial charge in [0.2, 0.25) is 5.91 Å². The van der Waals surface area contributed by atoms with Crippen molar-refractivity contribution in [3.8, 4) is 0 Å². The molecule has 90 valence electrons. The molecule has 6 heteroatoms. The summed E-state index contributed by atoms with van der Waals surface area (Å²) in [5.41, 5.74) is 5.23. The van der Waals surface area contributed by atoms with Gasteiger partial charge in [0.25, 0.3) is 0 Å². The molecular weight excluding hydrogens is 230 g/mol. The maximum atomic E-state index is 13.7. The standard InChI is InChI=1S/C11H10F2N2O2/c1-6-2-3-8-7(4-6)11(12,13)10(17)15(8)5-9(14)16/h2-4H,5H2,1H3,(H2,14,16). The van der Waals surface area contributed by atoms with Crippen LogP contribution in [0.2, 0.25) is 0 Å². The molecule has 2 rings (SSSR count). The van der Waals surface area contributed by atoms with E-state index in [4.69, 9.17) is 5.73 Å². The molecule has 1 aliphatic rings. The monoisotopic (exact) mass is 240 g/mol. The van der Waals surface area contributed by atoms with Crippen molar-refractivity contribution < 1.29 is 18.4 Å². The van der Waals surface area contributed by atoms with Crippen LogP contribution in [-0.4, -0.2) is 18.4 Å². The molecule has 1 heterocycles. The quantitative estimate of drug-likeness (QED) is 0.835. The average molecular weight is 240 g/mol. The lowest BCUT2D eigenvalue weighted by Crippen LogP contribution is -2.40. The molecule has 0 saturated heterocycles. The summed E-state index contributed by atoms with van der Waals surface area (Å²) >= 11 is 0. The Morgan fingerprint density at radius 3 is 2.71 bits per heavy atom. The summed E-state index contributed by atoms with van der Waals surface area (Å²) in [4.78, 5) is 23.0. The van der Waals surface area contributed by atoms with E-state index < -0.39 is 24.3 Å². The highest BCUT2D eigenvalue weighted by Crippen LogP contribution is 2.44. The highest BCUT2D eigenvalue weighted by molar-refractivity contribution is 6.08. The molecule has 0 aliphatic carbocycles. The van der Waals surface area contributed by atoms with Gasteiger partial charge in [0.1, 0.15) is 6.54 Å². The number of fused-ring (bicyclic) bond motifs is 1. The molecule has 2 N–H and O–H groups in total. The van der Waals surface area contributed by atoms with Gasteiger partial charge in [-0.3, -0.25) is 14.5 Å². The Labute approximate surface area is 96.0 Å². The van der Waals surface area contributed by atoms with E-state index in [2.05, 4.69) is 0 Å². The third-order valence-corrected chi connectivity index (χ3v) is 2.61. The molecule has 2 amide bonds. The molecule has 1 aromatic carbocycles. The number of primary amides is 1. The maximum Gasteiger partial charge on any atom is 0.352 e. The fourth-order valence-electron chi connectivity index (χ4n) is 1.84. The number of rotatable bonds is 2. The van der Waals surface area contributed by atoms with Crippen molar-refractivity contribution in [2.75, 3.05) is 11.4 Å². The van der Waals surface area contributed by atoms with E-state index in [0.717, 1.165) is 4.90 Å². The number of hydrogen-bond donors (Lipinski definition) is 1. The zero-order chi connectivity index (χ0) is 12.8. The normalized spacial score (nSPS) is 17.1. The predicted octanol–water partition coefficient (Wildman–Crippen LogP) is 0.919. The van der Waals surface area contributed by atoms with Crippen molar-refractivity contribution in [3.05, 3.63) is 29.3 Å². The fourth-order valence-corrected chi connectivity index (χ4v) is 1.84. The Hall–Kier alpha value is -1.98. The minimum atomic E-state index is -3.59. The zero-order valence-electron chi connectivity index (χ0n) is 9.04. The predicted molar refractivity (Wildman–Crippen MR) is 56.6 cm³/mol. The van der Waals surface area contributed by atoms with Crippen LogP contribution in [0.25, 0.3) is 0 Å². The van der Waals surface area contributed by atoms with Gasteiger partial charge in [-0.05, 0) is 19.1 Å². The number of nitrogens with two attached hydrogens (primary N) is 1. The highest BCUT2D eigenvalue weighted by Gasteiger charge is 2.53. The van der Waals surface area contributed by atoms with Crippen molar-refractivity contribution in [3.63, 3.8) is 0 Å². The van der Waals surface area contributed by atoms with E-state index in [9.17, 15) is 18.4 Å². The minimum absolute atomic E-state index is 0.0457. The van der Waals surface area contributed by atoms with E-state index in [1.807, 2.05) is 0 Å². The van der Waals surface area contributed by atoms with Crippen molar-refractivity contribution in [2.45, 2.75) is 12.8 Å². The van der Waals surface area contributed by atoms with E-state index >= 15 is 0 Å². The lowest BCUT2D eigenvalue weighted by Gasteiger charge is -2.14. The summed E-state index contributed by atoms with van der Waals surface area (Å²) in [5, 5.41) is 0. The summed E-state index contributed by atoms with van der Waals surface area (Å²) in [7, 11) is 0. The fraction of sp³-hybridized carbons (Fsp3) is 0.273. The van der Waals surface area contributed by atoms with Gasteiger partial charge in [-0.25, -0.2) is 0 Å². The second-order valence-electron chi connectivity index (χ2n) is 3.95. The Kier molecular flexibility index (Phi) is 2.38. The number of amides is 2. The SMILES string of the molecule is Cc1ccc2c(c1)C(F)(F)C(=O)N2CC(N)=O. The van der Waals surface area contributed by atoms with Crippen LogP contribution in [0.15, 0.2) is 18.2 Å². The van der Waals surface area contributed by atoms with Crippen molar-refractivity contribution in [1.82, 2.24) is 0 Å². The van der Waals surface area contributed by atoms with Crippen molar-refractivity contribution in [1.29, 1.82) is 0 Å². The van der Waals surface area contributed by atoms with Crippen molar-refractivity contribution >= 4 is 17.5 Å². The Morgan fingerprint density at radius 1 is 1.47 bits per heavy atom. The number of aryl methyl sites for hydroxylation is 1. The summed E-state index contributed by atoms with van der Waals surface area (Å²) in [5.74, 6) is -5.82. The summed E-state index contributed by atoms with van der Waals surface area (Å²) in [6.45, 7) is 1.11. The Bertz CT molecular complexity index is 514. The van der Waals surface area contributed by atoms with Gasteiger partial charge in [-0.1, -0.05) is 11.6 Å². The van der Waals surface area contributed by atoms with Gasteiger partial charge in [0, 0.05) is 0 Å². The molecule has 0 saturated carbocycles. The number of carbonyl (C=O) groups excluding carboxylic acids is 2.